The van der Waals surface area contributed by atoms with Gasteiger partial charge in [0.2, 0.25) is 0 Å². The van der Waals surface area contributed by atoms with Crippen LogP contribution in [-0.4, -0.2) is 38.8 Å². The molecule has 0 unspecified atom stereocenters. The van der Waals surface area contributed by atoms with Crippen LogP contribution in [0.15, 0.2) is 24.3 Å². The molecule has 26 heavy (non-hydrogen) atoms. The maximum Gasteiger partial charge on any atom is 0.263 e. The predicted molar refractivity (Wildman–Crippen MR) is 101 cm³/mol. The molecule has 5 nitrogen and oxygen atoms in total. The average molecular weight is 351 g/mol. The number of benzene rings is 1. The minimum atomic E-state index is -0.195. The van der Waals surface area contributed by atoms with Gasteiger partial charge in [0, 0.05) is 22.5 Å². The van der Waals surface area contributed by atoms with Gasteiger partial charge in [-0.15, -0.1) is 0 Å². The predicted octanol–water partition coefficient (Wildman–Crippen LogP) is 3.45. The lowest BCUT2D eigenvalue weighted by Crippen LogP contribution is -2.62. The van der Waals surface area contributed by atoms with Crippen molar-refractivity contribution in [3.05, 3.63) is 41.1 Å². The van der Waals surface area contributed by atoms with Crippen LogP contribution in [0.3, 0.4) is 0 Å². The molecule has 1 aromatic heterocycles. The van der Waals surface area contributed by atoms with Crippen molar-refractivity contribution in [2.24, 2.45) is 0 Å². The van der Waals surface area contributed by atoms with Gasteiger partial charge in [-0.2, -0.15) is 0 Å². The number of pyridine rings is 1. The summed E-state index contributed by atoms with van der Waals surface area (Å²) in [6.07, 6.45) is 1.48. The molecule has 0 aliphatic carbocycles. The monoisotopic (exact) mass is 351 g/mol. The van der Waals surface area contributed by atoms with Gasteiger partial charge in [-0.1, -0.05) is 18.2 Å². The van der Waals surface area contributed by atoms with Crippen molar-refractivity contribution in [3.63, 3.8) is 0 Å². The van der Waals surface area contributed by atoms with E-state index < -0.39 is 0 Å². The van der Waals surface area contributed by atoms with Crippen LogP contribution in [0.25, 0.3) is 10.9 Å². The zero-order valence-corrected chi connectivity index (χ0v) is 16.0. The average Bonchev–Trinajstić information content (AvgIpc) is 2.76. The zero-order valence-electron chi connectivity index (χ0n) is 16.0. The van der Waals surface area contributed by atoms with Crippen molar-refractivity contribution in [2.45, 2.75) is 64.6 Å². The number of para-hydroxylation sites is 1. The van der Waals surface area contributed by atoms with Crippen molar-refractivity contribution in [1.82, 2.24) is 15.2 Å². The lowest BCUT2D eigenvalue weighted by atomic mass is 9.79. The van der Waals surface area contributed by atoms with E-state index in [2.05, 4.69) is 38.0 Å². The molecule has 0 atom stereocenters. The number of piperidine rings is 1. The van der Waals surface area contributed by atoms with E-state index in [1.807, 2.05) is 31.2 Å². The molecule has 3 heterocycles. The number of carbonyl (C=O) groups is 2. The van der Waals surface area contributed by atoms with E-state index in [-0.39, 0.29) is 28.9 Å². The first-order valence-corrected chi connectivity index (χ1v) is 9.16. The third kappa shape index (κ3) is 2.53. The zero-order chi connectivity index (χ0) is 18.9. The Bertz CT molecular complexity index is 930. The number of imide groups is 1. The summed E-state index contributed by atoms with van der Waals surface area (Å²) in [5, 5.41) is 4.38. The summed E-state index contributed by atoms with van der Waals surface area (Å²) in [5.41, 5.74) is 2.11. The highest BCUT2D eigenvalue weighted by molar-refractivity contribution is 6.26. The van der Waals surface area contributed by atoms with E-state index in [0.29, 0.717) is 16.8 Å². The number of aryl methyl sites for hydroxylation is 1. The van der Waals surface area contributed by atoms with E-state index in [1.165, 1.54) is 4.90 Å². The maximum absolute atomic E-state index is 13.4. The van der Waals surface area contributed by atoms with Crippen molar-refractivity contribution >= 4 is 22.7 Å². The highest BCUT2D eigenvalue weighted by Crippen LogP contribution is 2.38. The van der Waals surface area contributed by atoms with E-state index >= 15 is 0 Å². The summed E-state index contributed by atoms with van der Waals surface area (Å²) in [5.74, 6) is -0.371. The quantitative estimate of drug-likeness (QED) is 0.800. The molecule has 0 radical (unpaired) electrons. The fourth-order valence-electron chi connectivity index (χ4n) is 4.93. The van der Waals surface area contributed by atoms with Crippen LogP contribution in [-0.2, 0) is 0 Å². The minimum Gasteiger partial charge on any atom is -0.307 e. The van der Waals surface area contributed by atoms with Crippen LogP contribution in [0.5, 0.6) is 0 Å². The number of rotatable bonds is 1. The molecule has 136 valence electrons. The molecule has 1 fully saturated rings. The topological polar surface area (TPSA) is 62.3 Å². The third-order valence-electron chi connectivity index (χ3n) is 5.47. The molecule has 2 aliphatic heterocycles. The fourth-order valence-corrected chi connectivity index (χ4v) is 4.93. The molecule has 1 saturated heterocycles. The normalized spacial score (nSPS) is 22.1. The Balaban J connectivity index is 1.83. The molecule has 2 amide bonds. The van der Waals surface area contributed by atoms with Gasteiger partial charge in [0.05, 0.1) is 22.3 Å². The van der Waals surface area contributed by atoms with Crippen LogP contribution in [0.2, 0.25) is 0 Å². The van der Waals surface area contributed by atoms with Gasteiger partial charge in [0.15, 0.2) is 0 Å². The first kappa shape index (κ1) is 17.2. The van der Waals surface area contributed by atoms with Crippen LogP contribution in [0.4, 0.5) is 0 Å². The van der Waals surface area contributed by atoms with E-state index in [4.69, 9.17) is 0 Å². The Morgan fingerprint density at radius 2 is 1.58 bits per heavy atom. The number of aromatic nitrogens is 1. The second-order valence-corrected chi connectivity index (χ2v) is 8.90. The third-order valence-corrected chi connectivity index (χ3v) is 5.47. The smallest absolute Gasteiger partial charge is 0.263 e. The number of nitrogens with zero attached hydrogens (tertiary/aromatic N) is 2. The van der Waals surface area contributed by atoms with Gasteiger partial charge >= 0.3 is 0 Å². The minimum absolute atomic E-state index is 0.119. The van der Waals surface area contributed by atoms with Gasteiger partial charge in [-0.25, -0.2) is 0 Å². The molecule has 0 saturated carbocycles. The maximum atomic E-state index is 13.4. The highest BCUT2D eigenvalue weighted by atomic mass is 16.2. The summed E-state index contributed by atoms with van der Waals surface area (Å²) in [6, 6.07) is 7.44. The lowest BCUT2D eigenvalue weighted by Gasteiger charge is -2.48. The van der Waals surface area contributed by atoms with Crippen LogP contribution in [0.1, 0.15) is 66.9 Å². The van der Waals surface area contributed by atoms with E-state index in [9.17, 15) is 9.59 Å². The number of hydrogen-bond acceptors (Lipinski definition) is 4. The van der Waals surface area contributed by atoms with Crippen molar-refractivity contribution in [2.75, 3.05) is 0 Å². The summed E-state index contributed by atoms with van der Waals surface area (Å²) in [6.45, 7) is 10.3. The molecular formula is C21H25N3O2. The van der Waals surface area contributed by atoms with Crippen molar-refractivity contribution < 1.29 is 9.59 Å². The summed E-state index contributed by atoms with van der Waals surface area (Å²) in [7, 11) is 0. The van der Waals surface area contributed by atoms with Gasteiger partial charge in [0.1, 0.15) is 0 Å². The summed E-state index contributed by atoms with van der Waals surface area (Å²) < 4.78 is 0. The van der Waals surface area contributed by atoms with Crippen molar-refractivity contribution in [3.8, 4) is 0 Å². The Hall–Kier alpha value is -2.27. The van der Waals surface area contributed by atoms with Crippen molar-refractivity contribution in [1.29, 1.82) is 0 Å². The molecule has 5 heteroatoms. The molecule has 2 aromatic rings. The Kier molecular flexibility index (Phi) is 3.54. The van der Waals surface area contributed by atoms with Gasteiger partial charge in [0.25, 0.3) is 11.8 Å². The van der Waals surface area contributed by atoms with Gasteiger partial charge in [-0.05, 0) is 53.5 Å². The van der Waals surface area contributed by atoms with E-state index in [1.54, 1.807) is 0 Å². The Morgan fingerprint density at radius 3 is 2.23 bits per heavy atom. The van der Waals surface area contributed by atoms with Crippen LogP contribution in [0, 0.1) is 6.92 Å². The molecule has 1 N–H and O–H groups in total. The van der Waals surface area contributed by atoms with Crippen LogP contribution >= 0.6 is 0 Å². The number of amides is 2. The number of nitrogens with one attached hydrogen (secondary N) is 1. The highest BCUT2D eigenvalue weighted by Gasteiger charge is 2.48. The molecule has 0 spiro atoms. The largest absolute Gasteiger partial charge is 0.307 e. The molecule has 1 aromatic carbocycles. The lowest BCUT2D eigenvalue weighted by molar-refractivity contribution is 0.0413. The summed E-state index contributed by atoms with van der Waals surface area (Å²) in [4.78, 5) is 32.6. The molecule has 2 aliphatic rings. The first-order chi connectivity index (χ1) is 12.1. The second kappa shape index (κ2) is 5.36. The molecule has 4 rings (SSSR count). The number of hydrogen-bond donors (Lipinski definition) is 1. The molecular weight excluding hydrogens is 326 g/mol. The summed E-state index contributed by atoms with van der Waals surface area (Å²) >= 11 is 0. The first-order valence-electron chi connectivity index (χ1n) is 9.16. The van der Waals surface area contributed by atoms with E-state index in [0.717, 1.165) is 23.7 Å². The SMILES string of the molecule is Cc1nc2ccccc2c2c1C(=O)N(C1CC(C)(C)NC(C)(C)C1)C2=O. The standard InChI is InChI=1S/C21H25N3O2/c1-12-16-17(14-8-6-7-9-15(14)22-12)19(26)24(18(16)25)13-10-20(2,3)23-21(4,5)11-13/h6-9,13,23H,10-11H2,1-5H3. The Morgan fingerprint density at radius 1 is 1.00 bits per heavy atom. The Labute approximate surface area is 153 Å². The number of fused-ring (bicyclic) bond motifs is 3. The molecule has 0 bridgehead atoms. The fraction of sp³-hybridized carbons (Fsp3) is 0.476. The number of carbonyl (C=O) groups excluding carboxylic acids is 2. The second-order valence-electron chi connectivity index (χ2n) is 8.90. The van der Waals surface area contributed by atoms with Gasteiger partial charge in [-0.3, -0.25) is 19.5 Å². The van der Waals surface area contributed by atoms with Crippen LogP contribution < -0.4 is 5.32 Å². The van der Waals surface area contributed by atoms with Gasteiger partial charge < -0.3 is 5.32 Å².